The fraction of sp³-hybridized carbons (Fsp3) is 0.562. The van der Waals surface area contributed by atoms with Gasteiger partial charge in [-0.2, -0.15) is 0 Å². The van der Waals surface area contributed by atoms with Gasteiger partial charge >= 0.3 is 11.9 Å². The summed E-state index contributed by atoms with van der Waals surface area (Å²) in [5.41, 5.74) is -0.331. The fourth-order valence-electron chi connectivity index (χ4n) is 1.53. The van der Waals surface area contributed by atoms with E-state index in [0.717, 1.165) is 5.56 Å². The van der Waals surface area contributed by atoms with Crippen molar-refractivity contribution in [3.8, 4) is 0 Å². The molecule has 122 valence electrons. The molecule has 0 aliphatic carbocycles. The van der Waals surface area contributed by atoms with Crippen molar-refractivity contribution >= 4 is 27.9 Å². The second kappa shape index (κ2) is 6.77. The number of aromatic nitrogens is 1. The summed E-state index contributed by atoms with van der Waals surface area (Å²) < 4.78 is 10.6. The van der Waals surface area contributed by atoms with Crippen LogP contribution in [0.15, 0.2) is 12.1 Å². The highest BCUT2D eigenvalue weighted by molar-refractivity contribution is 9.08. The lowest BCUT2D eigenvalue weighted by molar-refractivity contribution is 0.00577. The molecule has 0 saturated carbocycles. The lowest BCUT2D eigenvalue weighted by Gasteiger charge is -2.20. The number of carbonyl (C=O) groups is 2. The van der Waals surface area contributed by atoms with Crippen molar-refractivity contribution in [2.75, 3.05) is 0 Å². The number of rotatable bonds is 3. The van der Waals surface area contributed by atoms with E-state index in [4.69, 9.17) is 9.47 Å². The number of hydrogen-bond donors (Lipinski definition) is 0. The van der Waals surface area contributed by atoms with E-state index < -0.39 is 23.1 Å². The third-order valence-corrected chi connectivity index (χ3v) is 2.90. The number of esters is 2. The smallest absolute Gasteiger partial charge is 0.357 e. The number of pyridine rings is 1. The largest absolute Gasteiger partial charge is 0.455 e. The van der Waals surface area contributed by atoms with Gasteiger partial charge in [0.15, 0.2) is 0 Å². The summed E-state index contributed by atoms with van der Waals surface area (Å²) in [6.45, 7) is 10.6. The maximum absolute atomic E-state index is 12.1. The highest BCUT2D eigenvalue weighted by Crippen LogP contribution is 2.17. The maximum atomic E-state index is 12.1. The zero-order valence-electron chi connectivity index (χ0n) is 13.8. The van der Waals surface area contributed by atoms with E-state index in [1.54, 1.807) is 53.7 Å². The molecule has 6 heteroatoms. The second-order valence-electron chi connectivity index (χ2n) is 6.88. The van der Waals surface area contributed by atoms with Crippen molar-refractivity contribution in [1.29, 1.82) is 0 Å². The number of alkyl halides is 1. The molecule has 0 fully saturated rings. The Kier molecular flexibility index (Phi) is 5.73. The van der Waals surface area contributed by atoms with Gasteiger partial charge in [-0.25, -0.2) is 14.6 Å². The molecule has 0 N–H and O–H groups in total. The molecule has 22 heavy (non-hydrogen) atoms. The molecular weight excluding hydrogens is 350 g/mol. The number of halogens is 1. The van der Waals surface area contributed by atoms with Gasteiger partial charge in [0.2, 0.25) is 0 Å². The SMILES string of the molecule is CC(C)(C)OC(=O)c1cc(CBr)cc(C(=O)OC(C)(C)C)n1. The normalized spacial score (nSPS) is 12.0. The lowest BCUT2D eigenvalue weighted by Crippen LogP contribution is -2.27. The van der Waals surface area contributed by atoms with Crippen LogP contribution in [0.25, 0.3) is 0 Å². The molecule has 5 nitrogen and oxygen atoms in total. The minimum absolute atomic E-state index is 0.0905. The zero-order chi connectivity index (χ0) is 17.1. The Labute approximate surface area is 139 Å². The second-order valence-corrected chi connectivity index (χ2v) is 7.44. The van der Waals surface area contributed by atoms with E-state index in [0.29, 0.717) is 5.33 Å². The molecule has 0 aromatic carbocycles. The average Bonchev–Trinajstić information content (AvgIpc) is 2.34. The van der Waals surface area contributed by atoms with Crippen molar-refractivity contribution in [3.63, 3.8) is 0 Å². The van der Waals surface area contributed by atoms with Gasteiger partial charge in [-0.1, -0.05) is 15.9 Å². The summed E-state index contributed by atoms with van der Waals surface area (Å²) in [4.78, 5) is 28.4. The molecule has 0 spiro atoms. The van der Waals surface area contributed by atoms with Crippen molar-refractivity contribution < 1.29 is 19.1 Å². The zero-order valence-corrected chi connectivity index (χ0v) is 15.4. The molecule has 0 aliphatic rings. The van der Waals surface area contributed by atoms with Gasteiger partial charge in [-0.05, 0) is 59.2 Å². The Hall–Kier alpha value is -1.43. The van der Waals surface area contributed by atoms with Crippen LogP contribution in [0.4, 0.5) is 0 Å². The van der Waals surface area contributed by atoms with Gasteiger partial charge in [-0.3, -0.25) is 0 Å². The molecule has 1 heterocycles. The minimum Gasteiger partial charge on any atom is -0.455 e. The molecule has 0 radical (unpaired) electrons. The van der Waals surface area contributed by atoms with Gasteiger partial charge in [-0.15, -0.1) is 0 Å². The quantitative estimate of drug-likeness (QED) is 0.595. The lowest BCUT2D eigenvalue weighted by atomic mass is 10.1. The van der Waals surface area contributed by atoms with E-state index in [2.05, 4.69) is 20.9 Å². The van der Waals surface area contributed by atoms with Crippen LogP contribution in [-0.2, 0) is 14.8 Å². The standard InChI is InChI=1S/C16H22BrNO4/c1-15(2,3)21-13(19)11-7-10(9-17)8-12(18-11)14(20)22-16(4,5)6/h7-8H,9H2,1-6H3. The summed E-state index contributed by atoms with van der Waals surface area (Å²) in [5, 5.41) is 0.487. The number of ether oxygens (including phenoxy) is 2. The molecule has 0 unspecified atom stereocenters. The molecule has 0 bridgehead atoms. The molecule has 0 amide bonds. The summed E-state index contributed by atoms with van der Waals surface area (Å²) >= 11 is 3.31. The van der Waals surface area contributed by atoms with Crippen LogP contribution in [0, 0.1) is 0 Å². The first-order chi connectivity index (χ1) is 9.91. The van der Waals surface area contributed by atoms with Crippen molar-refractivity contribution in [2.45, 2.75) is 58.1 Å². The van der Waals surface area contributed by atoms with E-state index in [-0.39, 0.29) is 11.4 Å². The Morgan fingerprint density at radius 2 is 1.32 bits per heavy atom. The minimum atomic E-state index is -0.630. The third kappa shape index (κ3) is 6.13. The van der Waals surface area contributed by atoms with Crippen LogP contribution in [0.5, 0.6) is 0 Å². The summed E-state index contributed by atoms with van der Waals surface area (Å²) in [6, 6.07) is 3.19. The highest BCUT2D eigenvalue weighted by atomic mass is 79.9. The Morgan fingerprint density at radius 3 is 1.59 bits per heavy atom. The first-order valence-electron chi connectivity index (χ1n) is 6.95. The Balaban J connectivity index is 3.13. The van der Waals surface area contributed by atoms with Crippen LogP contribution in [0.2, 0.25) is 0 Å². The van der Waals surface area contributed by atoms with Crippen LogP contribution in [-0.4, -0.2) is 28.1 Å². The predicted octanol–water partition coefficient (Wildman–Crippen LogP) is 3.89. The van der Waals surface area contributed by atoms with Crippen molar-refractivity contribution in [2.24, 2.45) is 0 Å². The van der Waals surface area contributed by atoms with Gasteiger partial charge in [0.05, 0.1) is 0 Å². The van der Waals surface area contributed by atoms with Crippen LogP contribution < -0.4 is 0 Å². The number of nitrogens with zero attached hydrogens (tertiary/aromatic N) is 1. The van der Waals surface area contributed by atoms with E-state index in [1.165, 1.54) is 0 Å². The summed E-state index contributed by atoms with van der Waals surface area (Å²) in [7, 11) is 0. The molecule has 1 aromatic heterocycles. The molecule has 0 saturated heterocycles. The summed E-state index contributed by atoms with van der Waals surface area (Å²) in [6.07, 6.45) is 0. The maximum Gasteiger partial charge on any atom is 0.357 e. The topological polar surface area (TPSA) is 65.5 Å². The predicted molar refractivity (Wildman–Crippen MR) is 87.2 cm³/mol. The van der Waals surface area contributed by atoms with Gasteiger partial charge < -0.3 is 9.47 Å². The van der Waals surface area contributed by atoms with Crippen LogP contribution in [0.1, 0.15) is 68.1 Å². The first-order valence-corrected chi connectivity index (χ1v) is 8.07. The van der Waals surface area contributed by atoms with Gasteiger partial charge in [0, 0.05) is 5.33 Å². The van der Waals surface area contributed by atoms with Crippen molar-refractivity contribution in [3.05, 3.63) is 29.1 Å². The molecule has 0 aliphatic heterocycles. The van der Waals surface area contributed by atoms with E-state index in [9.17, 15) is 9.59 Å². The van der Waals surface area contributed by atoms with Gasteiger partial charge in [0.25, 0.3) is 0 Å². The van der Waals surface area contributed by atoms with E-state index in [1.807, 2.05) is 0 Å². The molecule has 1 rings (SSSR count). The first kappa shape index (κ1) is 18.6. The monoisotopic (exact) mass is 371 g/mol. The molecular formula is C16H22BrNO4. The number of carbonyl (C=O) groups excluding carboxylic acids is 2. The fourth-order valence-corrected chi connectivity index (χ4v) is 1.86. The average molecular weight is 372 g/mol. The van der Waals surface area contributed by atoms with E-state index >= 15 is 0 Å². The van der Waals surface area contributed by atoms with Crippen molar-refractivity contribution in [1.82, 2.24) is 4.98 Å². The number of hydrogen-bond acceptors (Lipinski definition) is 5. The van der Waals surface area contributed by atoms with Crippen LogP contribution >= 0.6 is 15.9 Å². The molecule has 1 aromatic rings. The Morgan fingerprint density at radius 1 is 0.955 bits per heavy atom. The Bertz CT molecular complexity index is 524. The summed E-state index contributed by atoms with van der Waals surface area (Å²) in [5.74, 6) is -1.14. The third-order valence-electron chi connectivity index (χ3n) is 2.26. The van der Waals surface area contributed by atoms with Crippen LogP contribution in [0.3, 0.4) is 0 Å². The van der Waals surface area contributed by atoms with Gasteiger partial charge in [0.1, 0.15) is 22.6 Å². The highest BCUT2D eigenvalue weighted by Gasteiger charge is 2.23. The molecule has 0 atom stereocenters.